The first-order valence-corrected chi connectivity index (χ1v) is 9.45. The quantitative estimate of drug-likeness (QED) is 0.319. The van der Waals surface area contributed by atoms with Crippen molar-refractivity contribution < 1.29 is 4.42 Å². The fourth-order valence-electron chi connectivity index (χ4n) is 4.29. The molecule has 3 nitrogen and oxygen atoms in total. The average Bonchev–Trinajstić information content (AvgIpc) is 3.18. The molecule has 134 valence electrons. The highest BCUT2D eigenvalue weighted by molar-refractivity contribution is 6.28. The SMILES string of the molecule is N#Cc1cncc(-c2cc3oc4ccc5ccccc5c4c3c3ccccc23)c1. The van der Waals surface area contributed by atoms with Crippen molar-refractivity contribution in [2.75, 3.05) is 0 Å². The van der Waals surface area contributed by atoms with Gasteiger partial charge in [0.05, 0.1) is 5.56 Å². The highest BCUT2D eigenvalue weighted by Gasteiger charge is 2.16. The molecule has 2 heterocycles. The minimum absolute atomic E-state index is 0.544. The molecule has 29 heavy (non-hydrogen) atoms. The van der Waals surface area contributed by atoms with Crippen molar-refractivity contribution >= 4 is 43.5 Å². The smallest absolute Gasteiger partial charge is 0.136 e. The number of hydrogen-bond acceptors (Lipinski definition) is 3. The Kier molecular flexibility index (Phi) is 3.24. The second-order valence-corrected chi connectivity index (χ2v) is 7.18. The van der Waals surface area contributed by atoms with Crippen molar-refractivity contribution in [3.8, 4) is 17.2 Å². The van der Waals surface area contributed by atoms with E-state index >= 15 is 0 Å². The van der Waals surface area contributed by atoms with Gasteiger partial charge in [0, 0.05) is 28.7 Å². The molecule has 6 aromatic rings. The maximum Gasteiger partial charge on any atom is 0.136 e. The van der Waals surface area contributed by atoms with Gasteiger partial charge in [-0.3, -0.25) is 4.98 Å². The molecule has 0 unspecified atom stereocenters. The van der Waals surface area contributed by atoms with Gasteiger partial charge in [-0.1, -0.05) is 54.6 Å². The van der Waals surface area contributed by atoms with E-state index in [-0.39, 0.29) is 0 Å². The summed E-state index contributed by atoms with van der Waals surface area (Å²) in [5.41, 5.74) is 4.19. The third-order valence-corrected chi connectivity index (χ3v) is 5.55. The van der Waals surface area contributed by atoms with E-state index in [0.717, 1.165) is 43.8 Å². The Balaban J connectivity index is 1.82. The Morgan fingerprint density at radius 2 is 1.48 bits per heavy atom. The molecule has 0 aliphatic heterocycles. The number of nitrogens with zero attached hydrogens (tertiary/aromatic N) is 2. The number of rotatable bonds is 1. The fourth-order valence-corrected chi connectivity index (χ4v) is 4.29. The van der Waals surface area contributed by atoms with E-state index in [1.165, 1.54) is 10.8 Å². The number of fused-ring (bicyclic) bond motifs is 7. The Hall–Kier alpha value is -4.16. The molecule has 0 fully saturated rings. The summed E-state index contributed by atoms with van der Waals surface area (Å²) in [6, 6.07) is 27.0. The number of benzene rings is 4. The van der Waals surface area contributed by atoms with Crippen molar-refractivity contribution in [2.24, 2.45) is 0 Å². The first-order valence-electron chi connectivity index (χ1n) is 9.45. The van der Waals surface area contributed by atoms with E-state index in [4.69, 9.17) is 4.42 Å². The summed E-state index contributed by atoms with van der Waals surface area (Å²) >= 11 is 0. The molecule has 0 spiro atoms. The zero-order chi connectivity index (χ0) is 19.4. The summed E-state index contributed by atoms with van der Waals surface area (Å²) in [5.74, 6) is 0. The first kappa shape index (κ1) is 15.9. The normalized spacial score (nSPS) is 11.4. The third-order valence-electron chi connectivity index (χ3n) is 5.55. The number of hydrogen-bond donors (Lipinski definition) is 0. The zero-order valence-corrected chi connectivity index (χ0v) is 15.4. The van der Waals surface area contributed by atoms with E-state index in [1.807, 2.05) is 18.2 Å². The number of furan rings is 1. The van der Waals surface area contributed by atoms with Crippen LogP contribution in [-0.4, -0.2) is 4.98 Å². The Bertz CT molecular complexity index is 1620. The molecule has 0 saturated carbocycles. The molecule has 4 aromatic carbocycles. The summed E-state index contributed by atoms with van der Waals surface area (Å²) in [6.45, 7) is 0. The van der Waals surface area contributed by atoms with Gasteiger partial charge in [0.1, 0.15) is 17.2 Å². The summed E-state index contributed by atoms with van der Waals surface area (Å²) in [5, 5.41) is 16.2. The lowest BCUT2D eigenvalue weighted by Crippen LogP contribution is -1.86. The number of aromatic nitrogens is 1. The van der Waals surface area contributed by atoms with Crippen molar-refractivity contribution in [1.82, 2.24) is 4.98 Å². The molecule has 0 radical (unpaired) electrons. The van der Waals surface area contributed by atoms with Crippen LogP contribution in [0.1, 0.15) is 5.56 Å². The van der Waals surface area contributed by atoms with E-state index < -0.39 is 0 Å². The molecular weight excluding hydrogens is 356 g/mol. The van der Waals surface area contributed by atoms with Crippen molar-refractivity contribution in [1.29, 1.82) is 5.26 Å². The first-order chi connectivity index (χ1) is 14.3. The Morgan fingerprint density at radius 3 is 2.34 bits per heavy atom. The summed E-state index contributed by atoms with van der Waals surface area (Å²) in [7, 11) is 0. The van der Waals surface area contributed by atoms with Crippen molar-refractivity contribution in [3.05, 3.63) is 90.8 Å². The van der Waals surface area contributed by atoms with Crippen LogP contribution in [0.15, 0.2) is 89.6 Å². The van der Waals surface area contributed by atoms with Crippen LogP contribution >= 0.6 is 0 Å². The topological polar surface area (TPSA) is 49.8 Å². The van der Waals surface area contributed by atoms with Gasteiger partial charge >= 0.3 is 0 Å². The zero-order valence-electron chi connectivity index (χ0n) is 15.4. The van der Waals surface area contributed by atoms with E-state index in [9.17, 15) is 5.26 Å². The molecule has 0 atom stereocenters. The van der Waals surface area contributed by atoms with Crippen LogP contribution in [0.4, 0.5) is 0 Å². The van der Waals surface area contributed by atoms with Crippen LogP contribution in [0.25, 0.3) is 54.6 Å². The summed E-state index contributed by atoms with van der Waals surface area (Å²) < 4.78 is 6.30. The molecule has 6 rings (SSSR count). The van der Waals surface area contributed by atoms with E-state index in [2.05, 4.69) is 65.7 Å². The van der Waals surface area contributed by atoms with Gasteiger partial charge < -0.3 is 4.42 Å². The molecule has 2 aromatic heterocycles. The van der Waals surface area contributed by atoms with Crippen LogP contribution in [0.5, 0.6) is 0 Å². The van der Waals surface area contributed by atoms with Gasteiger partial charge in [0.25, 0.3) is 0 Å². The number of nitriles is 1. The lowest BCUT2D eigenvalue weighted by molar-refractivity contribution is 0.669. The average molecular weight is 370 g/mol. The summed E-state index contributed by atoms with van der Waals surface area (Å²) in [4.78, 5) is 4.25. The second-order valence-electron chi connectivity index (χ2n) is 7.18. The van der Waals surface area contributed by atoms with Gasteiger partial charge in [-0.25, -0.2) is 0 Å². The maximum atomic E-state index is 9.28. The van der Waals surface area contributed by atoms with Crippen LogP contribution in [0, 0.1) is 11.3 Å². The fraction of sp³-hybridized carbons (Fsp3) is 0. The predicted octanol–water partition coefficient (Wildman–Crippen LogP) is 6.83. The van der Waals surface area contributed by atoms with E-state index in [1.54, 1.807) is 12.4 Å². The van der Waals surface area contributed by atoms with Gasteiger partial charge in [0.15, 0.2) is 0 Å². The van der Waals surface area contributed by atoms with Crippen LogP contribution in [0.2, 0.25) is 0 Å². The van der Waals surface area contributed by atoms with Crippen LogP contribution in [-0.2, 0) is 0 Å². The van der Waals surface area contributed by atoms with Gasteiger partial charge in [-0.05, 0) is 45.3 Å². The highest BCUT2D eigenvalue weighted by Crippen LogP contribution is 2.42. The van der Waals surface area contributed by atoms with Gasteiger partial charge in [0.2, 0.25) is 0 Å². The Morgan fingerprint density at radius 1 is 0.724 bits per heavy atom. The molecular formula is C26H14N2O. The van der Waals surface area contributed by atoms with Crippen molar-refractivity contribution in [2.45, 2.75) is 0 Å². The van der Waals surface area contributed by atoms with Crippen LogP contribution < -0.4 is 0 Å². The van der Waals surface area contributed by atoms with Crippen molar-refractivity contribution in [3.63, 3.8) is 0 Å². The molecule has 0 saturated heterocycles. The largest absolute Gasteiger partial charge is 0.456 e. The predicted molar refractivity (Wildman–Crippen MR) is 117 cm³/mol. The molecule has 0 amide bonds. The molecule has 0 aliphatic carbocycles. The van der Waals surface area contributed by atoms with Crippen LogP contribution in [0.3, 0.4) is 0 Å². The Labute approximate surface area is 166 Å². The molecule has 0 N–H and O–H groups in total. The standard InChI is InChI=1S/C26H14N2O/c27-13-16-11-18(15-28-14-16)22-12-24-26(21-8-4-3-7-20(21)22)25-19-6-2-1-5-17(19)9-10-23(25)29-24/h1-12,14-15H. The lowest BCUT2D eigenvalue weighted by atomic mass is 9.94. The monoisotopic (exact) mass is 370 g/mol. The summed E-state index contributed by atoms with van der Waals surface area (Å²) in [6.07, 6.45) is 3.38. The lowest BCUT2D eigenvalue weighted by Gasteiger charge is -2.08. The molecule has 0 bridgehead atoms. The highest BCUT2D eigenvalue weighted by atomic mass is 16.3. The minimum atomic E-state index is 0.544. The van der Waals surface area contributed by atoms with E-state index in [0.29, 0.717) is 5.56 Å². The van der Waals surface area contributed by atoms with Gasteiger partial charge in [-0.2, -0.15) is 5.26 Å². The number of pyridine rings is 1. The third kappa shape index (κ3) is 2.27. The molecule has 3 heteroatoms. The molecule has 0 aliphatic rings. The van der Waals surface area contributed by atoms with Gasteiger partial charge in [-0.15, -0.1) is 0 Å². The second kappa shape index (κ2) is 5.92. The minimum Gasteiger partial charge on any atom is -0.456 e. The maximum absolute atomic E-state index is 9.28.